The Kier molecular flexibility index (Phi) is 8.64. The van der Waals surface area contributed by atoms with Crippen LogP contribution in [0.4, 0.5) is 0 Å². The topological polar surface area (TPSA) is 32.7 Å². The zero-order valence-electron chi connectivity index (χ0n) is 15.8. The average Bonchev–Trinajstić information content (AvgIpc) is 2.45. The predicted octanol–water partition coefficient (Wildman–Crippen LogP) is 4.43. The first-order valence-corrected chi connectivity index (χ1v) is 8.97. The van der Waals surface area contributed by atoms with Crippen LogP contribution in [0.25, 0.3) is 0 Å². The minimum atomic E-state index is -0.474. The molecule has 0 saturated heterocycles. The number of rotatable bonds is 10. The summed E-state index contributed by atoms with van der Waals surface area (Å²) >= 11 is 0. The van der Waals surface area contributed by atoms with Crippen molar-refractivity contribution in [3.8, 4) is 5.75 Å². The summed E-state index contributed by atoms with van der Waals surface area (Å²) < 4.78 is 5.68. The van der Waals surface area contributed by atoms with Crippen LogP contribution in [-0.4, -0.2) is 36.2 Å². The predicted molar refractivity (Wildman–Crippen MR) is 98.0 cm³/mol. The van der Waals surface area contributed by atoms with Gasteiger partial charge in [-0.05, 0) is 44.2 Å². The van der Waals surface area contributed by atoms with E-state index in [1.807, 2.05) is 25.1 Å². The molecule has 0 aliphatic heterocycles. The van der Waals surface area contributed by atoms with Crippen molar-refractivity contribution in [2.45, 2.75) is 54.1 Å². The zero-order valence-corrected chi connectivity index (χ0v) is 15.8. The molecule has 0 amide bonds. The number of ether oxygens (including phenoxy) is 1. The molecule has 1 rings (SSSR count). The molecule has 0 bridgehead atoms. The van der Waals surface area contributed by atoms with Gasteiger partial charge in [0.1, 0.15) is 5.75 Å². The summed E-state index contributed by atoms with van der Waals surface area (Å²) in [6, 6.07) is 6.05. The van der Waals surface area contributed by atoms with Gasteiger partial charge in [-0.3, -0.25) is 0 Å². The van der Waals surface area contributed by atoms with Gasteiger partial charge >= 0.3 is 0 Å². The third-order valence-corrected chi connectivity index (χ3v) is 3.79. The lowest BCUT2D eigenvalue weighted by atomic mass is 10.0. The van der Waals surface area contributed by atoms with Gasteiger partial charge in [-0.15, -0.1) is 0 Å². The molecule has 1 atom stereocenters. The molecule has 3 nitrogen and oxygen atoms in total. The van der Waals surface area contributed by atoms with Crippen molar-refractivity contribution in [2.24, 2.45) is 11.8 Å². The first-order chi connectivity index (χ1) is 10.8. The highest BCUT2D eigenvalue weighted by molar-refractivity contribution is 5.38. The second-order valence-electron chi connectivity index (χ2n) is 7.33. The number of hydrogen-bond acceptors (Lipinski definition) is 3. The highest BCUT2D eigenvalue weighted by Gasteiger charge is 2.17. The maximum atomic E-state index is 10.7. The molecule has 0 radical (unpaired) electrons. The smallest absolute Gasteiger partial charge is 0.125 e. The van der Waals surface area contributed by atoms with E-state index in [9.17, 15) is 5.11 Å². The molecule has 0 heterocycles. The van der Waals surface area contributed by atoms with Crippen molar-refractivity contribution in [3.05, 3.63) is 29.3 Å². The van der Waals surface area contributed by atoms with E-state index < -0.39 is 6.10 Å². The van der Waals surface area contributed by atoms with Crippen LogP contribution in [-0.2, 0) is 0 Å². The number of benzene rings is 1. The zero-order chi connectivity index (χ0) is 17.4. The third-order valence-electron chi connectivity index (χ3n) is 3.79. The van der Waals surface area contributed by atoms with Gasteiger partial charge in [0.05, 0.1) is 12.7 Å². The van der Waals surface area contributed by atoms with Crippen LogP contribution in [0.1, 0.15) is 58.3 Å². The van der Waals surface area contributed by atoms with Gasteiger partial charge in [0.15, 0.2) is 0 Å². The lowest BCUT2D eigenvalue weighted by Crippen LogP contribution is -2.33. The molecule has 0 spiro atoms. The number of aliphatic hydroxyl groups is 1. The summed E-state index contributed by atoms with van der Waals surface area (Å²) in [5, 5.41) is 10.7. The maximum Gasteiger partial charge on any atom is 0.125 e. The second-order valence-corrected chi connectivity index (χ2v) is 7.33. The van der Waals surface area contributed by atoms with E-state index in [0.29, 0.717) is 18.4 Å². The summed E-state index contributed by atoms with van der Waals surface area (Å²) in [4.78, 5) is 2.47. The van der Waals surface area contributed by atoms with Crippen LogP contribution in [0.5, 0.6) is 5.75 Å². The quantitative estimate of drug-likeness (QED) is 0.692. The van der Waals surface area contributed by atoms with Crippen LogP contribution in [0.2, 0.25) is 0 Å². The van der Waals surface area contributed by atoms with Gasteiger partial charge < -0.3 is 14.7 Å². The normalized spacial score (nSPS) is 13.1. The SMILES string of the molecule is CCOc1ccc(C)cc1C(O)CCN(CC(C)C)CC(C)C. The fraction of sp³-hybridized carbons (Fsp3) is 0.700. The van der Waals surface area contributed by atoms with Crippen molar-refractivity contribution in [1.82, 2.24) is 4.90 Å². The van der Waals surface area contributed by atoms with Crippen LogP contribution in [0, 0.1) is 18.8 Å². The Labute approximate surface area is 142 Å². The largest absolute Gasteiger partial charge is 0.493 e. The summed E-state index contributed by atoms with van der Waals surface area (Å²) in [6.45, 7) is 16.7. The van der Waals surface area contributed by atoms with Gasteiger partial charge in [-0.25, -0.2) is 0 Å². The molecule has 0 fully saturated rings. The Balaban J connectivity index is 2.73. The van der Waals surface area contributed by atoms with Crippen molar-refractivity contribution < 1.29 is 9.84 Å². The van der Waals surface area contributed by atoms with E-state index in [0.717, 1.165) is 42.9 Å². The van der Waals surface area contributed by atoms with Crippen LogP contribution < -0.4 is 4.74 Å². The Morgan fingerprint density at radius 1 is 1.09 bits per heavy atom. The molecule has 1 N–H and O–H groups in total. The Hall–Kier alpha value is -1.06. The molecule has 23 heavy (non-hydrogen) atoms. The van der Waals surface area contributed by atoms with Crippen molar-refractivity contribution >= 4 is 0 Å². The molecule has 3 heteroatoms. The third kappa shape index (κ3) is 7.36. The highest BCUT2D eigenvalue weighted by Crippen LogP contribution is 2.29. The van der Waals surface area contributed by atoms with E-state index in [-0.39, 0.29) is 0 Å². The van der Waals surface area contributed by atoms with Crippen molar-refractivity contribution in [2.75, 3.05) is 26.2 Å². The number of hydrogen-bond donors (Lipinski definition) is 1. The molecule has 1 aromatic carbocycles. The summed E-state index contributed by atoms with van der Waals surface area (Å²) in [7, 11) is 0. The van der Waals surface area contributed by atoms with Crippen molar-refractivity contribution in [3.63, 3.8) is 0 Å². The molecule has 1 aromatic rings. The van der Waals surface area contributed by atoms with E-state index in [4.69, 9.17) is 4.74 Å². The number of nitrogens with zero attached hydrogens (tertiary/aromatic N) is 1. The molecule has 0 saturated carbocycles. The summed E-state index contributed by atoms with van der Waals surface area (Å²) in [5.41, 5.74) is 2.07. The Morgan fingerprint density at radius 3 is 2.22 bits per heavy atom. The summed E-state index contributed by atoms with van der Waals surface area (Å²) in [6.07, 6.45) is 0.265. The van der Waals surface area contributed by atoms with Gasteiger partial charge in [0.2, 0.25) is 0 Å². The van der Waals surface area contributed by atoms with E-state index in [1.54, 1.807) is 0 Å². The number of aliphatic hydroxyl groups excluding tert-OH is 1. The van der Waals surface area contributed by atoms with Crippen LogP contribution >= 0.6 is 0 Å². The number of aryl methyl sites for hydroxylation is 1. The minimum absolute atomic E-state index is 0.474. The van der Waals surface area contributed by atoms with E-state index in [1.165, 1.54) is 0 Å². The highest BCUT2D eigenvalue weighted by atomic mass is 16.5. The molecule has 132 valence electrons. The van der Waals surface area contributed by atoms with Gasteiger partial charge in [-0.2, -0.15) is 0 Å². The summed E-state index contributed by atoms with van der Waals surface area (Å²) in [5.74, 6) is 2.09. The maximum absolute atomic E-state index is 10.7. The Bertz CT molecular complexity index is 447. The minimum Gasteiger partial charge on any atom is -0.493 e. The molecule has 0 aliphatic rings. The monoisotopic (exact) mass is 321 g/mol. The van der Waals surface area contributed by atoms with Crippen molar-refractivity contribution in [1.29, 1.82) is 0 Å². The molecule has 0 aliphatic carbocycles. The van der Waals surface area contributed by atoms with Crippen LogP contribution in [0.15, 0.2) is 18.2 Å². The molecule has 0 aromatic heterocycles. The standard InChI is InChI=1S/C20H35NO2/c1-7-23-20-9-8-17(6)12-18(20)19(22)10-11-21(13-15(2)3)14-16(4)5/h8-9,12,15-16,19,22H,7,10-11,13-14H2,1-6H3. The fourth-order valence-electron chi connectivity index (χ4n) is 2.97. The average molecular weight is 322 g/mol. The van der Waals surface area contributed by atoms with Gasteiger partial charge in [0, 0.05) is 25.2 Å². The first kappa shape index (κ1) is 20.0. The lowest BCUT2D eigenvalue weighted by Gasteiger charge is -2.27. The lowest BCUT2D eigenvalue weighted by molar-refractivity contribution is 0.128. The van der Waals surface area contributed by atoms with Crippen LogP contribution in [0.3, 0.4) is 0 Å². The van der Waals surface area contributed by atoms with Gasteiger partial charge in [0.25, 0.3) is 0 Å². The molecular weight excluding hydrogens is 286 g/mol. The van der Waals surface area contributed by atoms with E-state index >= 15 is 0 Å². The molecule has 1 unspecified atom stereocenters. The first-order valence-electron chi connectivity index (χ1n) is 8.97. The molecular formula is C20H35NO2. The van der Waals surface area contributed by atoms with Gasteiger partial charge in [-0.1, -0.05) is 39.3 Å². The second kappa shape index (κ2) is 9.94. The van der Waals surface area contributed by atoms with E-state index in [2.05, 4.69) is 39.5 Å². The fourth-order valence-corrected chi connectivity index (χ4v) is 2.97. The Morgan fingerprint density at radius 2 is 1.70 bits per heavy atom.